The van der Waals surface area contributed by atoms with Gasteiger partial charge in [-0.25, -0.2) is 0 Å². The molecule has 0 aliphatic carbocycles. The fraction of sp³-hybridized carbons (Fsp3) is 0.250. The van der Waals surface area contributed by atoms with Crippen molar-refractivity contribution in [2.75, 3.05) is 6.54 Å². The maximum Gasteiger partial charge on any atom is 0.227 e. The zero-order valence-electron chi connectivity index (χ0n) is 9.26. The molecule has 0 spiro atoms. The number of nitrogens with one attached hydrogen (secondary N) is 1. The predicted molar refractivity (Wildman–Crippen MR) is 60.9 cm³/mol. The summed E-state index contributed by atoms with van der Waals surface area (Å²) in [7, 11) is 0. The fourth-order valence-electron chi connectivity index (χ4n) is 1.51. The Morgan fingerprint density at radius 1 is 1.35 bits per heavy atom. The van der Waals surface area contributed by atoms with Crippen LogP contribution in [0.15, 0.2) is 35.1 Å². The molecular weight excluding hydrogens is 216 g/mol. The topological polar surface area (TPSA) is 74.7 Å². The first-order chi connectivity index (χ1) is 8.40. The summed E-state index contributed by atoms with van der Waals surface area (Å²) < 4.78 is 4.88. The molecule has 0 aliphatic heterocycles. The maximum absolute atomic E-state index is 8.91. The largest absolute Gasteiger partial charge is 0.340 e. The molecule has 0 saturated carbocycles. The van der Waals surface area contributed by atoms with E-state index in [1.165, 1.54) is 6.33 Å². The van der Waals surface area contributed by atoms with Crippen LogP contribution in [-0.2, 0) is 13.0 Å². The van der Waals surface area contributed by atoms with Crippen LogP contribution in [0, 0.1) is 11.3 Å². The molecule has 0 bridgehead atoms. The maximum atomic E-state index is 8.91. The highest BCUT2D eigenvalue weighted by atomic mass is 16.5. The summed E-state index contributed by atoms with van der Waals surface area (Å²) in [5.41, 5.74) is 1.71. The summed E-state index contributed by atoms with van der Waals surface area (Å²) in [6, 6.07) is 9.71. The first kappa shape index (κ1) is 11.3. The van der Waals surface area contributed by atoms with E-state index in [1.54, 1.807) is 0 Å². The summed E-state index contributed by atoms with van der Waals surface area (Å²) in [5, 5.41) is 15.7. The predicted octanol–water partition coefficient (Wildman–Crippen LogP) is 1.27. The lowest BCUT2D eigenvalue weighted by molar-refractivity contribution is 0.375. The van der Waals surface area contributed by atoms with Crippen molar-refractivity contribution in [2.45, 2.75) is 13.0 Å². The van der Waals surface area contributed by atoms with Crippen LogP contribution >= 0.6 is 0 Å². The SMILES string of the molecule is N#Cc1ccccc1CNCCc1ncno1. The Kier molecular flexibility index (Phi) is 3.84. The summed E-state index contributed by atoms with van der Waals surface area (Å²) in [6.45, 7) is 1.40. The van der Waals surface area contributed by atoms with Crippen molar-refractivity contribution in [1.82, 2.24) is 15.5 Å². The molecule has 1 aromatic carbocycles. The summed E-state index contributed by atoms with van der Waals surface area (Å²) in [5.74, 6) is 0.617. The lowest BCUT2D eigenvalue weighted by Gasteiger charge is -2.04. The van der Waals surface area contributed by atoms with Gasteiger partial charge in [-0.3, -0.25) is 0 Å². The lowest BCUT2D eigenvalue weighted by Crippen LogP contribution is -2.17. The van der Waals surface area contributed by atoms with E-state index in [-0.39, 0.29) is 0 Å². The number of benzene rings is 1. The number of nitrogens with zero attached hydrogens (tertiary/aromatic N) is 3. The Morgan fingerprint density at radius 2 is 2.24 bits per heavy atom. The van der Waals surface area contributed by atoms with Gasteiger partial charge in [-0.15, -0.1) is 0 Å². The fourth-order valence-corrected chi connectivity index (χ4v) is 1.51. The van der Waals surface area contributed by atoms with Crippen molar-refractivity contribution < 1.29 is 4.52 Å². The van der Waals surface area contributed by atoms with Crippen LogP contribution in [0.4, 0.5) is 0 Å². The number of nitriles is 1. The molecule has 86 valence electrons. The monoisotopic (exact) mass is 228 g/mol. The second-order valence-corrected chi connectivity index (χ2v) is 3.53. The smallest absolute Gasteiger partial charge is 0.227 e. The molecule has 2 rings (SSSR count). The van der Waals surface area contributed by atoms with Gasteiger partial charge in [0.25, 0.3) is 0 Å². The normalized spacial score (nSPS) is 10.1. The van der Waals surface area contributed by atoms with Crippen LogP contribution in [0.25, 0.3) is 0 Å². The van der Waals surface area contributed by atoms with Gasteiger partial charge < -0.3 is 9.84 Å². The van der Waals surface area contributed by atoms with Crippen molar-refractivity contribution in [3.05, 3.63) is 47.6 Å². The van der Waals surface area contributed by atoms with Gasteiger partial charge in [-0.05, 0) is 11.6 Å². The van der Waals surface area contributed by atoms with Crippen LogP contribution in [0.5, 0.6) is 0 Å². The van der Waals surface area contributed by atoms with Gasteiger partial charge in [-0.2, -0.15) is 10.2 Å². The third-order valence-electron chi connectivity index (χ3n) is 2.38. The average Bonchev–Trinajstić information content (AvgIpc) is 2.88. The summed E-state index contributed by atoms with van der Waals surface area (Å²) in [6.07, 6.45) is 2.08. The Balaban J connectivity index is 1.80. The number of hydrogen-bond donors (Lipinski definition) is 1. The number of hydrogen-bond acceptors (Lipinski definition) is 5. The average molecular weight is 228 g/mol. The highest BCUT2D eigenvalue weighted by molar-refractivity contribution is 5.37. The highest BCUT2D eigenvalue weighted by Crippen LogP contribution is 2.06. The highest BCUT2D eigenvalue weighted by Gasteiger charge is 2.01. The molecule has 0 fully saturated rings. The van der Waals surface area contributed by atoms with Crippen LogP contribution < -0.4 is 5.32 Å². The van der Waals surface area contributed by atoms with Crippen molar-refractivity contribution in [1.29, 1.82) is 5.26 Å². The first-order valence-electron chi connectivity index (χ1n) is 5.34. The van der Waals surface area contributed by atoms with E-state index in [0.717, 1.165) is 12.1 Å². The Hall–Kier alpha value is -2.19. The van der Waals surface area contributed by atoms with E-state index in [4.69, 9.17) is 9.78 Å². The van der Waals surface area contributed by atoms with Gasteiger partial charge in [-0.1, -0.05) is 23.4 Å². The van der Waals surface area contributed by atoms with Crippen molar-refractivity contribution in [3.8, 4) is 6.07 Å². The van der Waals surface area contributed by atoms with Crippen molar-refractivity contribution >= 4 is 0 Å². The zero-order chi connectivity index (χ0) is 11.9. The minimum absolute atomic E-state index is 0.617. The Labute approximate surface area is 99.1 Å². The molecule has 1 aromatic heterocycles. The Morgan fingerprint density at radius 3 is 3.00 bits per heavy atom. The lowest BCUT2D eigenvalue weighted by atomic mass is 10.1. The first-order valence-corrected chi connectivity index (χ1v) is 5.34. The number of aromatic nitrogens is 2. The molecule has 2 aromatic rings. The molecule has 1 heterocycles. The van der Waals surface area contributed by atoms with E-state index < -0.39 is 0 Å². The van der Waals surface area contributed by atoms with Crippen molar-refractivity contribution in [2.24, 2.45) is 0 Å². The minimum Gasteiger partial charge on any atom is -0.340 e. The molecular formula is C12H12N4O. The van der Waals surface area contributed by atoms with Crippen LogP contribution in [0.1, 0.15) is 17.0 Å². The van der Waals surface area contributed by atoms with E-state index in [2.05, 4.69) is 21.5 Å². The quantitative estimate of drug-likeness (QED) is 0.780. The summed E-state index contributed by atoms with van der Waals surface area (Å²) >= 11 is 0. The van der Waals surface area contributed by atoms with E-state index >= 15 is 0 Å². The zero-order valence-corrected chi connectivity index (χ0v) is 9.26. The molecule has 0 saturated heterocycles. The molecule has 17 heavy (non-hydrogen) atoms. The molecule has 0 aliphatic rings. The van der Waals surface area contributed by atoms with Crippen LogP contribution in [0.2, 0.25) is 0 Å². The van der Waals surface area contributed by atoms with Gasteiger partial charge in [0.1, 0.15) is 0 Å². The third-order valence-corrected chi connectivity index (χ3v) is 2.38. The molecule has 0 atom stereocenters. The summed E-state index contributed by atoms with van der Waals surface area (Å²) in [4.78, 5) is 3.92. The van der Waals surface area contributed by atoms with Crippen LogP contribution in [0.3, 0.4) is 0 Å². The van der Waals surface area contributed by atoms with Gasteiger partial charge in [0.15, 0.2) is 6.33 Å². The standard InChI is InChI=1S/C12H12N4O/c13-7-10-3-1-2-4-11(10)8-14-6-5-12-15-9-16-17-12/h1-4,9,14H,5-6,8H2. The van der Waals surface area contributed by atoms with Crippen molar-refractivity contribution in [3.63, 3.8) is 0 Å². The van der Waals surface area contributed by atoms with Crippen LogP contribution in [-0.4, -0.2) is 16.7 Å². The van der Waals surface area contributed by atoms with Gasteiger partial charge in [0.05, 0.1) is 11.6 Å². The number of rotatable bonds is 5. The molecule has 5 nitrogen and oxygen atoms in total. The molecule has 0 unspecified atom stereocenters. The molecule has 0 radical (unpaired) electrons. The second kappa shape index (κ2) is 5.77. The van der Waals surface area contributed by atoms with E-state index in [0.29, 0.717) is 24.4 Å². The molecule has 1 N–H and O–H groups in total. The van der Waals surface area contributed by atoms with Gasteiger partial charge in [0, 0.05) is 19.5 Å². The van der Waals surface area contributed by atoms with E-state index in [9.17, 15) is 0 Å². The van der Waals surface area contributed by atoms with Gasteiger partial charge in [0.2, 0.25) is 5.89 Å². The minimum atomic E-state index is 0.617. The van der Waals surface area contributed by atoms with E-state index in [1.807, 2.05) is 24.3 Å². The Bertz CT molecular complexity index is 501. The molecule has 0 amide bonds. The second-order valence-electron chi connectivity index (χ2n) is 3.53. The third kappa shape index (κ3) is 3.13. The molecule has 5 heteroatoms. The van der Waals surface area contributed by atoms with Gasteiger partial charge >= 0.3 is 0 Å².